The maximum absolute atomic E-state index is 12.9. The number of carbonyl (C=O) groups excluding carboxylic acids is 1. The van der Waals surface area contributed by atoms with Crippen molar-refractivity contribution in [3.63, 3.8) is 0 Å². The number of aryl methyl sites for hydroxylation is 1. The first kappa shape index (κ1) is 20.8. The van der Waals surface area contributed by atoms with E-state index in [9.17, 15) is 4.79 Å². The Hall–Kier alpha value is -3.45. The number of ether oxygens (including phenoxy) is 1. The molecular weight excluding hydrogens is 456 g/mol. The van der Waals surface area contributed by atoms with E-state index in [0.29, 0.717) is 17.3 Å². The fourth-order valence-corrected chi connectivity index (χ4v) is 3.45. The van der Waals surface area contributed by atoms with Gasteiger partial charge in [-0.25, -0.2) is 9.67 Å². The highest BCUT2D eigenvalue weighted by atomic mass is 79.9. The zero-order valence-corrected chi connectivity index (χ0v) is 19.0. The van der Waals surface area contributed by atoms with Crippen molar-refractivity contribution < 1.29 is 9.53 Å². The molecule has 156 valence electrons. The second-order valence-electron chi connectivity index (χ2n) is 7.08. The van der Waals surface area contributed by atoms with Gasteiger partial charge in [-0.1, -0.05) is 40.2 Å². The summed E-state index contributed by atoms with van der Waals surface area (Å²) < 4.78 is 7.86. The highest BCUT2D eigenvalue weighted by molar-refractivity contribution is 9.10. The van der Waals surface area contributed by atoms with Crippen molar-refractivity contribution in [2.24, 2.45) is 0 Å². The lowest BCUT2D eigenvalue weighted by molar-refractivity contribution is 0.101. The van der Waals surface area contributed by atoms with Crippen LogP contribution in [-0.2, 0) is 0 Å². The van der Waals surface area contributed by atoms with Crippen LogP contribution in [0.3, 0.4) is 0 Å². The summed E-state index contributed by atoms with van der Waals surface area (Å²) >= 11 is 3.46. The summed E-state index contributed by atoms with van der Waals surface area (Å²) in [6.07, 6.45) is 0. The molecule has 0 atom stereocenters. The number of nitrogens with one attached hydrogen (secondary N) is 1. The molecule has 4 aromatic rings. The number of benzene rings is 3. The van der Waals surface area contributed by atoms with Crippen molar-refractivity contribution in [3.8, 4) is 22.8 Å². The van der Waals surface area contributed by atoms with E-state index in [1.54, 1.807) is 36.1 Å². The van der Waals surface area contributed by atoms with E-state index in [0.717, 1.165) is 26.9 Å². The highest BCUT2D eigenvalue weighted by Crippen LogP contribution is 2.26. The lowest BCUT2D eigenvalue weighted by Gasteiger charge is -2.11. The van der Waals surface area contributed by atoms with E-state index in [1.807, 2.05) is 56.3 Å². The van der Waals surface area contributed by atoms with Crippen molar-refractivity contribution in [1.82, 2.24) is 14.8 Å². The summed E-state index contributed by atoms with van der Waals surface area (Å²) in [5.74, 6) is 1.02. The van der Waals surface area contributed by atoms with E-state index >= 15 is 0 Å². The van der Waals surface area contributed by atoms with Crippen LogP contribution >= 0.6 is 15.9 Å². The average molecular weight is 477 g/mol. The third kappa shape index (κ3) is 4.36. The predicted octanol–water partition coefficient (Wildman–Crippen LogP) is 5.57. The lowest BCUT2D eigenvalue weighted by atomic mass is 10.1. The Bertz CT molecular complexity index is 1230. The molecule has 0 saturated heterocycles. The quantitative estimate of drug-likeness (QED) is 0.408. The molecule has 0 aliphatic carbocycles. The SMILES string of the molecule is COc1ccc(NC(=O)c2nc(-c3ccc(Br)cc3)n(-c3cccc(C)c3C)n2)cc1. The number of methoxy groups -OCH3 is 1. The third-order valence-corrected chi connectivity index (χ3v) is 5.59. The molecule has 6 nitrogen and oxygen atoms in total. The fourth-order valence-electron chi connectivity index (χ4n) is 3.19. The number of rotatable bonds is 5. The Morgan fingerprint density at radius 1 is 1.00 bits per heavy atom. The number of amides is 1. The topological polar surface area (TPSA) is 69.0 Å². The van der Waals surface area contributed by atoms with E-state index in [4.69, 9.17) is 4.74 Å². The third-order valence-electron chi connectivity index (χ3n) is 5.06. The Kier molecular flexibility index (Phi) is 5.86. The monoisotopic (exact) mass is 476 g/mol. The smallest absolute Gasteiger partial charge is 0.295 e. The van der Waals surface area contributed by atoms with Crippen LogP contribution in [0.4, 0.5) is 5.69 Å². The van der Waals surface area contributed by atoms with Crippen molar-refractivity contribution >= 4 is 27.5 Å². The first-order chi connectivity index (χ1) is 15.0. The highest BCUT2D eigenvalue weighted by Gasteiger charge is 2.20. The second-order valence-corrected chi connectivity index (χ2v) is 8.00. The molecule has 0 fully saturated rings. The van der Waals surface area contributed by atoms with Gasteiger partial charge in [-0.05, 0) is 67.4 Å². The van der Waals surface area contributed by atoms with Crippen molar-refractivity contribution in [2.75, 3.05) is 12.4 Å². The first-order valence-corrected chi connectivity index (χ1v) is 10.5. The van der Waals surface area contributed by atoms with Gasteiger partial charge in [-0.2, -0.15) is 0 Å². The Morgan fingerprint density at radius 2 is 1.71 bits per heavy atom. The van der Waals surface area contributed by atoms with E-state index in [1.165, 1.54) is 0 Å². The standard InChI is InChI=1S/C24H21BrN4O2/c1-15-5-4-6-21(16(15)2)29-23(17-7-9-18(25)10-8-17)27-22(28-29)24(30)26-19-11-13-20(31-3)14-12-19/h4-14H,1-3H3,(H,26,30). The summed E-state index contributed by atoms with van der Waals surface area (Å²) in [6.45, 7) is 4.08. The van der Waals surface area contributed by atoms with Crippen molar-refractivity contribution in [1.29, 1.82) is 0 Å². The van der Waals surface area contributed by atoms with Crippen LogP contribution < -0.4 is 10.1 Å². The van der Waals surface area contributed by atoms with E-state index in [-0.39, 0.29) is 11.7 Å². The van der Waals surface area contributed by atoms with Gasteiger partial charge in [0, 0.05) is 15.7 Å². The van der Waals surface area contributed by atoms with Gasteiger partial charge in [-0.15, -0.1) is 5.10 Å². The Morgan fingerprint density at radius 3 is 2.39 bits per heavy atom. The minimum absolute atomic E-state index is 0.0923. The van der Waals surface area contributed by atoms with Gasteiger partial charge in [0.25, 0.3) is 5.91 Å². The molecule has 0 unspecified atom stereocenters. The fraction of sp³-hybridized carbons (Fsp3) is 0.125. The van der Waals surface area contributed by atoms with Crippen LogP contribution in [0.25, 0.3) is 17.1 Å². The molecule has 1 heterocycles. The number of hydrogen-bond donors (Lipinski definition) is 1. The molecule has 0 aliphatic heterocycles. The van der Waals surface area contributed by atoms with Crippen LogP contribution in [0, 0.1) is 13.8 Å². The second kappa shape index (κ2) is 8.73. The molecular formula is C24H21BrN4O2. The lowest BCUT2D eigenvalue weighted by Crippen LogP contribution is -2.14. The number of carbonyl (C=O) groups is 1. The normalized spacial score (nSPS) is 10.7. The molecule has 0 spiro atoms. The van der Waals surface area contributed by atoms with Gasteiger partial charge in [0.05, 0.1) is 12.8 Å². The van der Waals surface area contributed by atoms with Gasteiger partial charge < -0.3 is 10.1 Å². The molecule has 0 aliphatic rings. The molecule has 1 amide bonds. The van der Waals surface area contributed by atoms with Gasteiger partial charge >= 0.3 is 0 Å². The first-order valence-electron chi connectivity index (χ1n) is 9.71. The number of halogens is 1. The van der Waals surface area contributed by atoms with Gasteiger partial charge in [0.1, 0.15) is 5.75 Å². The largest absolute Gasteiger partial charge is 0.497 e. The molecule has 4 rings (SSSR count). The maximum Gasteiger partial charge on any atom is 0.295 e. The molecule has 0 bridgehead atoms. The molecule has 1 aromatic heterocycles. The number of aromatic nitrogens is 3. The molecule has 3 aromatic carbocycles. The number of hydrogen-bond acceptors (Lipinski definition) is 4. The summed E-state index contributed by atoms with van der Waals surface area (Å²) in [5, 5.41) is 7.42. The van der Waals surface area contributed by atoms with E-state index < -0.39 is 0 Å². The van der Waals surface area contributed by atoms with Crippen LogP contribution in [0.2, 0.25) is 0 Å². The van der Waals surface area contributed by atoms with E-state index in [2.05, 4.69) is 31.3 Å². The number of nitrogens with zero attached hydrogens (tertiary/aromatic N) is 3. The van der Waals surface area contributed by atoms with Crippen LogP contribution in [-0.4, -0.2) is 27.8 Å². The minimum Gasteiger partial charge on any atom is -0.497 e. The summed E-state index contributed by atoms with van der Waals surface area (Å²) in [4.78, 5) is 17.5. The summed E-state index contributed by atoms with van der Waals surface area (Å²) in [6, 6.07) is 20.9. The predicted molar refractivity (Wildman–Crippen MR) is 125 cm³/mol. The molecule has 31 heavy (non-hydrogen) atoms. The average Bonchev–Trinajstić information content (AvgIpc) is 3.22. The summed E-state index contributed by atoms with van der Waals surface area (Å²) in [7, 11) is 1.60. The van der Waals surface area contributed by atoms with Crippen LogP contribution in [0.5, 0.6) is 5.75 Å². The zero-order chi connectivity index (χ0) is 22.0. The minimum atomic E-state index is -0.382. The maximum atomic E-state index is 12.9. The van der Waals surface area contributed by atoms with Crippen molar-refractivity contribution in [2.45, 2.75) is 13.8 Å². The van der Waals surface area contributed by atoms with Crippen molar-refractivity contribution in [3.05, 3.63) is 88.2 Å². The molecule has 0 radical (unpaired) electrons. The van der Waals surface area contributed by atoms with Crippen LogP contribution in [0.15, 0.2) is 71.2 Å². The Balaban J connectivity index is 1.76. The molecule has 7 heteroatoms. The van der Waals surface area contributed by atoms with Gasteiger partial charge in [0.2, 0.25) is 5.82 Å². The van der Waals surface area contributed by atoms with Gasteiger partial charge in [-0.3, -0.25) is 4.79 Å². The van der Waals surface area contributed by atoms with Gasteiger partial charge in [0.15, 0.2) is 5.82 Å². The molecule has 0 saturated carbocycles. The Labute approximate surface area is 189 Å². The zero-order valence-electron chi connectivity index (χ0n) is 17.4. The summed E-state index contributed by atoms with van der Waals surface area (Å²) in [5.41, 5.74) is 4.60. The van der Waals surface area contributed by atoms with Crippen LogP contribution in [0.1, 0.15) is 21.7 Å². The molecule has 1 N–H and O–H groups in total. The number of anilines is 1.